The summed E-state index contributed by atoms with van der Waals surface area (Å²) in [6.45, 7) is 9.00. The predicted molar refractivity (Wildman–Crippen MR) is 68.0 cm³/mol. The Hall–Kier alpha value is -1.02. The van der Waals surface area contributed by atoms with Crippen molar-refractivity contribution < 1.29 is 24.4 Å². The van der Waals surface area contributed by atoms with Crippen LogP contribution in [-0.2, 0) is 24.4 Å². The summed E-state index contributed by atoms with van der Waals surface area (Å²) < 4.78 is 15.0. The van der Waals surface area contributed by atoms with Crippen molar-refractivity contribution >= 4 is 19.4 Å². The van der Waals surface area contributed by atoms with Gasteiger partial charge in [0.15, 0.2) is 0 Å². The Labute approximate surface area is 128 Å². The van der Waals surface area contributed by atoms with E-state index in [1.165, 1.54) is 0 Å². The zero-order valence-electron chi connectivity index (χ0n) is 9.59. The van der Waals surface area contributed by atoms with Crippen LogP contribution in [0.15, 0.2) is 61.2 Å². The average Bonchev–Trinajstić information content (AvgIpc) is 2.56. The van der Waals surface area contributed by atoms with Gasteiger partial charge in [-0.05, 0) is 24.3 Å². The minimum atomic E-state index is -0.346. The Morgan fingerprint density at radius 1 is 0.632 bits per heavy atom. The number of aromatic nitrogens is 2. The van der Waals surface area contributed by atoms with E-state index in [1.807, 2.05) is 36.4 Å². The second kappa shape index (κ2) is 30.2. The van der Waals surface area contributed by atoms with E-state index in [2.05, 4.69) is 23.3 Å². The maximum atomic E-state index is 7.50. The van der Waals surface area contributed by atoms with Gasteiger partial charge in [-0.15, -0.1) is 0 Å². The second-order valence-corrected chi connectivity index (χ2v) is 4.74. The third-order valence-corrected chi connectivity index (χ3v) is 1.13. The molecule has 0 aromatic carbocycles. The van der Waals surface area contributed by atoms with Crippen molar-refractivity contribution in [1.29, 1.82) is 0 Å². The zero-order chi connectivity index (χ0) is 15.2. The number of hydrogen-bond acceptors (Lipinski definition) is 2. The first kappa shape index (κ1) is 23.1. The van der Waals surface area contributed by atoms with Crippen LogP contribution in [0.4, 0.5) is 0 Å². The summed E-state index contributed by atoms with van der Waals surface area (Å²) in [5.74, 6) is 0. The molecule has 2 aromatic rings. The van der Waals surface area contributed by atoms with Crippen LogP contribution in [0, 0.1) is 13.3 Å². The molecule has 2 heterocycles. The quantitative estimate of drug-likeness (QED) is 0.395. The van der Waals surface area contributed by atoms with Gasteiger partial charge in [0.2, 0.25) is 0 Å². The molecule has 19 heavy (non-hydrogen) atoms. The average molecular weight is 386 g/mol. The molecule has 0 amide bonds. The summed E-state index contributed by atoms with van der Waals surface area (Å²) in [5.41, 5.74) is 0. The van der Waals surface area contributed by atoms with Gasteiger partial charge < -0.3 is 0 Å². The van der Waals surface area contributed by atoms with Crippen LogP contribution in [0.3, 0.4) is 0 Å². The molecule has 0 saturated carbocycles. The summed E-state index contributed by atoms with van der Waals surface area (Å²) in [6.07, 6.45) is 7.00. The zero-order valence-corrected chi connectivity index (χ0v) is 12.8. The van der Waals surface area contributed by atoms with E-state index in [9.17, 15) is 0 Å². The van der Waals surface area contributed by atoms with E-state index in [-0.39, 0.29) is 15.1 Å². The van der Waals surface area contributed by atoms with Crippen LogP contribution in [-0.4, -0.2) is 9.97 Å². The van der Waals surface area contributed by atoms with Crippen molar-refractivity contribution in [2.75, 3.05) is 0 Å². The van der Waals surface area contributed by atoms with Gasteiger partial charge in [-0.25, -0.2) is 0 Å². The molecular formula is C12H10Cl2N2O2Ru+2. The van der Waals surface area contributed by atoms with Crippen molar-refractivity contribution in [3.8, 4) is 0 Å². The Morgan fingerprint density at radius 3 is 0.895 bits per heavy atom. The Kier molecular flexibility index (Phi) is 36.7. The topological polar surface area (TPSA) is 65.6 Å². The van der Waals surface area contributed by atoms with Crippen LogP contribution in [0.25, 0.3) is 0 Å². The molecule has 4 nitrogen and oxygen atoms in total. The summed E-state index contributed by atoms with van der Waals surface area (Å²) >= 11 is -0.346. The number of halogens is 2. The van der Waals surface area contributed by atoms with Gasteiger partial charge in [0, 0.05) is 24.8 Å². The number of pyridine rings is 2. The number of rotatable bonds is 0. The molecule has 2 aromatic heterocycles. The molecule has 0 aliphatic rings. The molecule has 100 valence electrons. The van der Waals surface area contributed by atoms with Crippen LogP contribution >= 0.6 is 19.4 Å². The van der Waals surface area contributed by atoms with Gasteiger partial charge in [-0.1, -0.05) is 12.1 Å². The fourth-order valence-corrected chi connectivity index (χ4v) is 0.625. The van der Waals surface area contributed by atoms with Gasteiger partial charge in [-0.3, -0.25) is 9.97 Å². The molecule has 0 fully saturated rings. The molecule has 0 saturated heterocycles. The molecule has 0 aliphatic carbocycles. The van der Waals surface area contributed by atoms with E-state index >= 15 is 0 Å². The van der Waals surface area contributed by atoms with Gasteiger partial charge in [0.25, 0.3) is 0 Å². The Morgan fingerprint density at radius 2 is 0.842 bits per heavy atom. The second-order valence-electron chi connectivity index (χ2n) is 2.10. The summed E-state index contributed by atoms with van der Waals surface area (Å²) in [5, 5.41) is 0. The summed E-state index contributed by atoms with van der Waals surface area (Å²) in [6, 6.07) is 11.4. The molecular weight excluding hydrogens is 376 g/mol. The Balaban J connectivity index is -0.000000187. The third-order valence-electron chi connectivity index (χ3n) is 1.13. The minimum Gasteiger partial charge on any atom is -0.265 e. The summed E-state index contributed by atoms with van der Waals surface area (Å²) in [4.78, 5) is 7.57. The molecule has 0 spiro atoms. The van der Waals surface area contributed by atoms with E-state index in [1.54, 1.807) is 24.8 Å². The standard InChI is InChI=1S/2C5H5N.2CO.2ClH.Ru/c2*1-2-4-6-5-3-1;2*1-2;;;/h2*1-5H;;;2*1H;/q;;;;;;+4/p-2. The summed E-state index contributed by atoms with van der Waals surface area (Å²) in [7, 11) is 9.71. The van der Waals surface area contributed by atoms with Gasteiger partial charge in [0.05, 0.1) is 0 Å². The molecule has 0 unspecified atom stereocenters. The number of hydrogen-bond donors (Lipinski definition) is 0. The van der Waals surface area contributed by atoms with Crippen molar-refractivity contribution in [3.05, 3.63) is 74.5 Å². The van der Waals surface area contributed by atoms with Gasteiger partial charge in [-0.2, -0.15) is 0 Å². The molecule has 2 rings (SSSR count). The van der Waals surface area contributed by atoms with Crippen molar-refractivity contribution in [1.82, 2.24) is 9.97 Å². The van der Waals surface area contributed by atoms with Crippen molar-refractivity contribution in [2.24, 2.45) is 0 Å². The molecule has 0 radical (unpaired) electrons. The van der Waals surface area contributed by atoms with E-state index < -0.39 is 0 Å². The molecule has 0 aliphatic heterocycles. The number of nitrogens with zero attached hydrogens (tertiary/aromatic N) is 2. The van der Waals surface area contributed by atoms with Gasteiger partial charge >= 0.3 is 57.1 Å². The van der Waals surface area contributed by atoms with E-state index in [4.69, 9.17) is 28.7 Å². The first-order valence-corrected chi connectivity index (χ1v) is 8.85. The molecule has 0 N–H and O–H groups in total. The SMILES string of the molecule is [C-]#[O+].[C-]#[O+].[Cl][Ru+2][Cl].c1ccncc1.c1ccncc1. The van der Waals surface area contributed by atoms with Crippen LogP contribution in [0.2, 0.25) is 0 Å². The van der Waals surface area contributed by atoms with E-state index in [0.29, 0.717) is 0 Å². The van der Waals surface area contributed by atoms with Crippen molar-refractivity contribution in [2.45, 2.75) is 0 Å². The van der Waals surface area contributed by atoms with Crippen LogP contribution in [0.5, 0.6) is 0 Å². The Bertz CT molecular complexity index is 284. The van der Waals surface area contributed by atoms with E-state index in [0.717, 1.165) is 0 Å². The fraction of sp³-hybridized carbons (Fsp3) is 0. The molecule has 7 heteroatoms. The predicted octanol–water partition coefficient (Wildman–Crippen LogP) is 3.46. The maximum Gasteiger partial charge on any atom is 0.0267 e. The minimum absolute atomic E-state index is 0.346. The molecule has 0 bridgehead atoms. The monoisotopic (exact) mass is 386 g/mol. The molecule has 0 atom stereocenters. The normalized spacial score (nSPS) is 6.21. The smallest absolute Gasteiger partial charge is 0.0267 e. The van der Waals surface area contributed by atoms with Crippen LogP contribution in [0.1, 0.15) is 0 Å². The first-order valence-electron chi connectivity index (χ1n) is 4.37. The van der Waals surface area contributed by atoms with Crippen LogP contribution < -0.4 is 0 Å². The van der Waals surface area contributed by atoms with Crippen molar-refractivity contribution in [3.63, 3.8) is 0 Å². The van der Waals surface area contributed by atoms with Gasteiger partial charge in [0.1, 0.15) is 0 Å². The third kappa shape index (κ3) is 31.6. The maximum absolute atomic E-state index is 7.50. The first-order chi connectivity index (χ1) is 9.41. The largest absolute Gasteiger partial charge is 0.265 e. The fourth-order valence-electron chi connectivity index (χ4n) is 0.625.